The lowest BCUT2D eigenvalue weighted by molar-refractivity contribution is -0.174. The Morgan fingerprint density at radius 3 is 2.80 bits per heavy atom. The molecule has 0 aromatic carbocycles. The summed E-state index contributed by atoms with van der Waals surface area (Å²) in [5, 5.41) is 7.29. The number of aryl methyl sites for hydroxylation is 1. The third kappa shape index (κ3) is 7.44. The van der Waals surface area contributed by atoms with Gasteiger partial charge in [-0.15, -0.1) is 0 Å². The van der Waals surface area contributed by atoms with Crippen molar-refractivity contribution in [2.45, 2.75) is 39.5 Å². The van der Waals surface area contributed by atoms with Crippen LogP contribution in [-0.2, 0) is 17.8 Å². The highest BCUT2D eigenvalue weighted by Gasteiger charge is 2.27. The van der Waals surface area contributed by atoms with Crippen molar-refractivity contribution in [2.24, 2.45) is 5.92 Å². The molecule has 8 heteroatoms. The third-order valence-corrected chi connectivity index (χ3v) is 2.46. The van der Waals surface area contributed by atoms with Crippen molar-refractivity contribution in [1.29, 1.82) is 0 Å². The van der Waals surface area contributed by atoms with E-state index in [-0.39, 0.29) is 6.61 Å². The third-order valence-electron chi connectivity index (χ3n) is 2.46. The van der Waals surface area contributed by atoms with Crippen LogP contribution in [0.1, 0.15) is 26.1 Å². The molecule has 0 fully saturated rings. The molecule has 20 heavy (non-hydrogen) atoms. The van der Waals surface area contributed by atoms with Crippen molar-refractivity contribution in [3.05, 3.63) is 12.2 Å². The Balaban J connectivity index is 2.22. The molecule has 0 radical (unpaired) electrons. The first-order valence-electron chi connectivity index (χ1n) is 6.60. The molecule has 0 spiro atoms. The van der Waals surface area contributed by atoms with Crippen LogP contribution in [0.5, 0.6) is 0 Å². The van der Waals surface area contributed by atoms with Crippen molar-refractivity contribution in [1.82, 2.24) is 20.1 Å². The predicted octanol–water partition coefficient (Wildman–Crippen LogP) is 1.99. The first kappa shape index (κ1) is 16.9. The summed E-state index contributed by atoms with van der Waals surface area (Å²) < 4.78 is 41.8. The van der Waals surface area contributed by atoms with Crippen molar-refractivity contribution in [2.75, 3.05) is 19.8 Å². The molecule has 0 amide bonds. The molecule has 0 saturated heterocycles. The molecule has 0 bridgehead atoms. The molecule has 1 aromatic heterocycles. The van der Waals surface area contributed by atoms with Gasteiger partial charge in [0.25, 0.3) is 0 Å². The lowest BCUT2D eigenvalue weighted by Gasteiger charge is -2.10. The highest BCUT2D eigenvalue weighted by atomic mass is 19.4. The Labute approximate surface area is 116 Å². The van der Waals surface area contributed by atoms with E-state index in [2.05, 4.69) is 34.0 Å². The number of aromatic nitrogens is 3. The largest absolute Gasteiger partial charge is 0.411 e. The molecule has 1 rings (SSSR count). The van der Waals surface area contributed by atoms with Gasteiger partial charge in [-0.3, -0.25) is 0 Å². The van der Waals surface area contributed by atoms with E-state index in [0.717, 1.165) is 12.4 Å². The van der Waals surface area contributed by atoms with Crippen LogP contribution in [0.4, 0.5) is 13.2 Å². The van der Waals surface area contributed by atoms with Crippen molar-refractivity contribution >= 4 is 0 Å². The summed E-state index contributed by atoms with van der Waals surface area (Å²) in [7, 11) is 0. The zero-order valence-corrected chi connectivity index (χ0v) is 11.8. The maximum atomic E-state index is 11.9. The molecular formula is C12H21F3N4O. The van der Waals surface area contributed by atoms with E-state index < -0.39 is 12.8 Å². The van der Waals surface area contributed by atoms with Crippen LogP contribution in [0.2, 0.25) is 0 Å². The van der Waals surface area contributed by atoms with Crippen LogP contribution in [-0.4, -0.2) is 40.7 Å². The Morgan fingerprint density at radius 2 is 2.15 bits per heavy atom. The quantitative estimate of drug-likeness (QED) is 0.708. The van der Waals surface area contributed by atoms with E-state index in [1.54, 1.807) is 4.68 Å². The van der Waals surface area contributed by atoms with Gasteiger partial charge < -0.3 is 10.1 Å². The Hall–Kier alpha value is -1.15. The number of ether oxygens (including phenoxy) is 1. The van der Waals surface area contributed by atoms with Crippen LogP contribution in [0, 0.1) is 5.92 Å². The summed E-state index contributed by atoms with van der Waals surface area (Å²) in [6.07, 6.45) is -2.35. The van der Waals surface area contributed by atoms with E-state index >= 15 is 0 Å². The van der Waals surface area contributed by atoms with Crippen LogP contribution in [0.15, 0.2) is 6.33 Å². The van der Waals surface area contributed by atoms with Gasteiger partial charge >= 0.3 is 6.18 Å². The second-order valence-corrected chi connectivity index (χ2v) is 4.95. The second-order valence-electron chi connectivity index (χ2n) is 4.95. The van der Waals surface area contributed by atoms with E-state index in [9.17, 15) is 13.2 Å². The number of hydrogen-bond donors (Lipinski definition) is 1. The topological polar surface area (TPSA) is 52.0 Å². The van der Waals surface area contributed by atoms with Crippen molar-refractivity contribution < 1.29 is 17.9 Å². The van der Waals surface area contributed by atoms with Crippen LogP contribution in [0.25, 0.3) is 0 Å². The fourth-order valence-corrected chi connectivity index (χ4v) is 1.59. The lowest BCUT2D eigenvalue weighted by atomic mass is 10.2. The van der Waals surface area contributed by atoms with Crippen LogP contribution < -0.4 is 5.32 Å². The van der Waals surface area contributed by atoms with Gasteiger partial charge in [-0.1, -0.05) is 13.8 Å². The number of halogens is 3. The number of rotatable bonds is 9. The number of hydrogen-bond acceptors (Lipinski definition) is 4. The molecule has 0 unspecified atom stereocenters. The van der Waals surface area contributed by atoms with Gasteiger partial charge in [0, 0.05) is 13.2 Å². The fourth-order valence-electron chi connectivity index (χ4n) is 1.59. The van der Waals surface area contributed by atoms with Gasteiger partial charge in [0.05, 0.1) is 6.54 Å². The van der Waals surface area contributed by atoms with Crippen LogP contribution >= 0.6 is 0 Å². The van der Waals surface area contributed by atoms with Gasteiger partial charge in [0.2, 0.25) is 0 Å². The van der Waals surface area contributed by atoms with E-state index in [0.29, 0.717) is 25.4 Å². The van der Waals surface area contributed by atoms with Gasteiger partial charge in [-0.2, -0.15) is 18.3 Å². The highest BCUT2D eigenvalue weighted by Crippen LogP contribution is 2.14. The Bertz CT molecular complexity index is 379. The summed E-state index contributed by atoms with van der Waals surface area (Å²) >= 11 is 0. The zero-order chi connectivity index (χ0) is 15.0. The zero-order valence-electron chi connectivity index (χ0n) is 11.8. The molecule has 0 aliphatic heterocycles. The average molecular weight is 294 g/mol. The molecule has 1 N–H and O–H groups in total. The molecule has 0 saturated carbocycles. The Morgan fingerprint density at radius 1 is 1.40 bits per heavy atom. The number of nitrogens with zero attached hydrogens (tertiary/aromatic N) is 3. The number of alkyl halides is 3. The molecule has 1 heterocycles. The van der Waals surface area contributed by atoms with Gasteiger partial charge in [-0.25, -0.2) is 9.67 Å². The highest BCUT2D eigenvalue weighted by molar-refractivity contribution is 4.83. The fraction of sp³-hybridized carbons (Fsp3) is 0.833. The Kier molecular flexibility index (Phi) is 6.94. The maximum Gasteiger partial charge on any atom is 0.411 e. The van der Waals surface area contributed by atoms with Crippen molar-refractivity contribution in [3.63, 3.8) is 0 Å². The summed E-state index contributed by atoms with van der Waals surface area (Å²) in [4.78, 5) is 4.12. The maximum absolute atomic E-state index is 11.9. The van der Waals surface area contributed by atoms with E-state index in [4.69, 9.17) is 0 Å². The SMILES string of the molecule is CC(C)CNCc1ncnn1CCCOCC(F)(F)F. The minimum Gasteiger partial charge on any atom is -0.372 e. The van der Waals surface area contributed by atoms with Gasteiger partial charge in [0.15, 0.2) is 0 Å². The normalized spacial score (nSPS) is 12.3. The monoisotopic (exact) mass is 294 g/mol. The summed E-state index contributed by atoms with van der Waals surface area (Å²) in [6.45, 7) is 5.04. The molecule has 0 atom stereocenters. The van der Waals surface area contributed by atoms with E-state index in [1.807, 2.05) is 0 Å². The predicted molar refractivity (Wildman–Crippen MR) is 68.1 cm³/mol. The van der Waals surface area contributed by atoms with Crippen LogP contribution in [0.3, 0.4) is 0 Å². The standard InChI is InChI=1S/C12H21F3N4O/c1-10(2)6-16-7-11-17-9-18-19(11)4-3-5-20-8-12(13,14)15/h9-10,16H,3-8H2,1-2H3. The smallest absolute Gasteiger partial charge is 0.372 e. The lowest BCUT2D eigenvalue weighted by Crippen LogP contribution is -2.22. The molecule has 5 nitrogen and oxygen atoms in total. The summed E-state index contributed by atoms with van der Waals surface area (Å²) in [5.74, 6) is 1.32. The minimum absolute atomic E-state index is 0.0538. The molecular weight excluding hydrogens is 273 g/mol. The van der Waals surface area contributed by atoms with Crippen molar-refractivity contribution in [3.8, 4) is 0 Å². The first-order chi connectivity index (χ1) is 9.38. The summed E-state index contributed by atoms with van der Waals surface area (Å²) in [6, 6.07) is 0. The first-order valence-corrected chi connectivity index (χ1v) is 6.60. The summed E-state index contributed by atoms with van der Waals surface area (Å²) in [5.41, 5.74) is 0. The van der Waals surface area contributed by atoms with Gasteiger partial charge in [-0.05, 0) is 18.9 Å². The minimum atomic E-state index is -4.26. The molecule has 116 valence electrons. The average Bonchev–Trinajstić information content (AvgIpc) is 2.74. The molecule has 0 aliphatic rings. The number of nitrogens with one attached hydrogen (secondary N) is 1. The van der Waals surface area contributed by atoms with Gasteiger partial charge in [0.1, 0.15) is 18.8 Å². The van der Waals surface area contributed by atoms with E-state index in [1.165, 1.54) is 6.33 Å². The molecule has 0 aliphatic carbocycles. The molecule has 1 aromatic rings. The second kappa shape index (κ2) is 8.21.